The fourth-order valence-electron chi connectivity index (χ4n) is 2.66. The fraction of sp³-hybridized carbons (Fsp3) is 0.533. The molecule has 0 N–H and O–H groups in total. The monoisotopic (exact) mass is 358 g/mol. The summed E-state index contributed by atoms with van der Waals surface area (Å²) in [6.07, 6.45) is 1.87. The Hall–Kier alpha value is -1.23. The molecule has 0 aliphatic rings. The van der Waals surface area contributed by atoms with Crippen LogP contribution in [-0.2, 0) is 4.52 Å². The molecule has 0 unspecified atom stereocenters. The summed E-state index contributed by atoms with van der Waals surface area (Å²) < 4.78 is 72.6. The first-order valence-electron chi connectivity index (χ1n) is 7.38. The van der Waals surface area contributed by atoms with Crippen LogP contribution >= 0.6 is 6.83 Å². The molecule has 0 saturated carbocycles. The normalized spacial score (nSPS) is 13.5. The van der Waals surface area contributed by atoms with Crippen LogP contribution in [0.25, 0.3) is 0 Å². The molecule has 0 fully saturated rings. The van der Waals surface area contributed by atoms with Crippen molar-refractivity contribution in [2.75, 3.05) is 24.6 Å². The van der Waals surface area contributed by atoms with Gasteiger partial charge in [-0.25, -0.2) is 0 Å². The Morgan fingerprint density at radius 2 is 1.04 bits per heavy atom. The van der Waals surface area contributed by atoms with Crippen LogP contribution in [0, 0.1) is 29.1 Å². The van der Waals surface area contributed by atoms with Gasteiger partial charge in [0.15, 0.2) is 0 Å². The molecule has 0 aliphatic carbocycles. The summed E-state index contributed by atoms with van der Waals surface area (Å²) in [7, 11) is 0. The third-order valence-corrected chi connectivity index (χ3v) is 12.0. The zero-order valence-corrected chi connectivity index (χ0v) is 14.4. The Labute approximate surface area is 132 Å². The summed E-state index contributed by atoms with van der Waals surface area (Å²) in [6, 6.07) is 0. The van der Waals surface area contributed by atoms with Crippen LogP contribution in [0.15, 0.2) is 0 Å². The average Bonchev–Trinajstić information content (AvgIpc) is 2.57. The summed E-state index contributed by atoms with van der Waals surface area (Å²) in [6.45, 7) is 4.08. The van der Waals surface area contributed by atoms with Gasteiger partial charge >= 0.3 is 131 Å². The van der Waals surface area contributed by atoms with Gasteiger partial charge in [-0.3, -0.25) is 0 Å². The number of carbonyl (C=O) groups excluding carboxylic acids is 1. The number of hydrogen-bond acceptors (Lipinski definition) is 2. The van der Waals surface area contributed by atoms with E-state index in [0.29, 0.717) is 24.6 Å². The van der Waals surface area contributed by atoms with Crippen LogP contribution in [0.5, 0.6) is 0 Å². The molecular weight excluding hydrogens is 338 g/mol. The molecule has 0 aromatic heterocycles. The summed E-state index contributed by atoms with van der Waals surface area (Å²) in [5.74, 6) is -12.4. The third kappa shape index (κ3) is 3.08. The predicted molar refractivity (Wildman–Crippen MR) is 80.7 cm³/mol. The molecule has 0 radical (unpaired) electrons. The van der Waals surface area contributed by atoms with Crippen molar-refractivity contribution < 1.29 is 31.3 Å². The van der Waals surface area contributed by atoms with Crippen LogP contribution in [0.2, 0.25) is 0 Å². The second-order valence-corrected chi connectivity index (χ2v) is 11.9. The van der Waals surface area contributed by atoms with Crippen molar-refractivity contribution in [3.05, 3.63) is 34.6 Å². The van der Waals surface area contributed by atoms with E-state index in [4.69, 9.17) is 4.52 Å². The van der Waals surface area contributed by atoms with Crippen molar-refractivity contribution in [1.29, 1.82) is 0 Å². The Bertz CT molecular complexity index is 576. The topological polar surface area (TPSA) is 26.3 Å². The number of hydrogen-bond donors (Lipinski definition) is 0. The Balaban J connectivity index is 3.48. The zero-order chi connectivity index (χ0) is 18.0. The van der Waals surface area contributed by atoms with E-state index in [9.17, 15) is 26.7 Å². The fourth-order valence-corrected chi connectivity index (χ4v) is 6.42. The molecular formula is C15H20F5O2P. The molecule has 2 nitrogen and oxygen atoms in total. The number of rotatable bonds is 6. The van der Waals surface area contributed by atoms with Gasteiger partial charge < -0.3 is 0 Å². The second kappa shape index (κ2) is 6.71. The zero-order valence-electron chi connectivity index (χ0n) is 13.5. The molecule has 1 aromatic carbocycles. The van der Waals surface area contributed by atoms with Gasteiger partial charge in [-0.15, -0.1) is 0 Å². The molecule has 0 atom stereocenters. The summed E-state index contributed by atoms with van der Waals surface area (Å²) in [5.41, 5.74) is -1.53. The molecule has 0 aliphatic heterocycles. The maximum atomic E-state index is 13.8. The molecule has 0 heterocycles. The number of benzene rings is 1. The van der Waals surface area contributed by atoms with E-state index in [1.54, 1.807) is 27.7 Å². The van der Waals surface area contributed by atoms with Gasteiger partial charge in [-0.05, 0) is 0 Å². The number of carbonyl (C=O) groups is 1. The van der Waals surface area contributed by atoms with Crippen molar-refractivity contribution in [2.45, 2.75) is 27.7 Å². The first-order valence-corrected chi connectivity index (χ1v) is 10.3. The minimum absolute atomic E-state index is 0.468. The van der Waals surface area contributed by atoms with Crippen molar-refractivity contribution >= 4 is 12.8 Å². The Morgan fingerprint density at radius 3 is 1.35 bits per heavy atom. The molecule has 1 aromatic rings. The van der Waals surface area contributed by atoms with Crippen LogP contribution in [-0.4, -0.2) is 30.6 Å². The van der Waals surface area contributed by atoms with E-state index < -0.39 is 47.4 Å². The predicted octanol–water partition coefficient (Wildman–Crippen LogP) is 5.09. The van der Waals surface area contributed by atoms with Gasteiger partial charge in [0.25, 0.3) is 0 Å². The molecule has 1 rings (SSSR count). The first kappa shape index (κ1) is 19.8. The van der Waals surface area contributed by atoms with Crippen molar-refractivity contribution in [3.63, 3.8) is 0 Å². The first-order chi connectivity index (χ1) is 10.6. The van der Waals surface area contributed by atoms with E-state index >= 15 is 0 Å². The average molecular weight is 358 g/mol. The summed E-state index contributed by atoms with van der Waals surface area (Å²) in [4.78, 5) is 12.2. The third-order valence-electron chi connectivity index (χ3n) is 4.95. The summed E-state index contributed by atoms with van der Waals surface area (Å²) in [5, 5.41) is 0. The van der Waals surface area contributed by atoms with Gasteiger partial charge in [-0.1, -0.05) is 0 Å². The molecule has 23 heavy (non-hydrogen) atoms. The Morgan fingerprint density at radius 1 is 0.739 bits per heavy atom. The van der Waals surface area contributed by atoms with Gasteiger partial charge in [-0.2, -0.15) is 0 Å². The van der Waals surface area contributed by atoms with Gasteiger partial charge in [0.1, 0.15) is 0 Å². The molecule has 0 spiro atoms. The van der Waals surface area contributed by atoms with Crippen molar-refractivity contribution in [2.24, 2.45) is 0 Å². The van der Waals surface area contributed by atoms with Crippen LogP contribution in [0.3, 0.4) is 0 Å². The molecule has 0 saturated heterocycles. The molecule has 8 heteroatoms. The Kier molecular flexibility index (Phi) is 5.79. The molecule has 0 amide bonds. The van der Waals surface area contributed by atoms with E-state index in [0.717, 1.165) is 0 Å². The van der Waals surface area contributed by atoms with Gasteiger partial charge in [0.05, 0.1) is 0 Å². The van der Waals surface area contributed by atoms with Crippen LogP contribution in [0.1, 0.15) is 38.1 Å². The summed E-state index contributed by atoms with van der Waals surface area (Å²) >= 11 is 0. The SMILES string of the molecule is CCP(CC)(CC)(CC)OC(=O)c1c(F)c(F)c(F)c(F)c1F. The van der Waals surface area contributed by atoms with E-state index in [1.165, 1.54) is 0 Å². The van der Waals surface area contributed by atoms with Crippen molar-refractivity contribution in [1.82, 2.24) is 0 Å². The standard InChI is InChI=1S/C15H20F5O2P/c1-5-23(6-2,7-3,8-4)22-15(21)9-10(16)12(18)14(20)13(19)11(9)17/h5-8H2,1-4H3. The number of halogens is 5. The van der Waals surface area contributed by atoms with Crippen molar-refractivity contribution in [3.8, 4) is 0 Å². The van der Waals surface area contributed by atoms with Gasteiger partial charge in [0.2, 0.25) is 0 Å². The molecule has 132 valence electrons. The molecule has 0 bridgehead atoms. The second-order valence-electron chi connectivity index (χ2n) is 5.45. The van der Waals surface area contributed by atoms with Gasteiger partial charge in [0, 0.05) is 0 Å². The van der Waals surface area contributed by atoms with E-state index in [-0.39, 0.29) is 0 Å². The van der Waals surface area contributed by atoms with Crippen LogP contribution < -0.4 is 0 Å². The van der Waals surface area contributed by atoms with Crippen LogP contribution in [0.4, 0.5) is 22.0 Å². The van der Waals surface area contributed by atoms with E-state index in [1.807, 2.05) is 0 Å². The van der Waals surface area contributed by atoms with E-state index in [2.05, 4.69) is 0 Å². The maximum absolute atomic E-state index is 13.8. The minimum atomic E-state index is -3.09. The quantitative estimate of drug-likeness (QED) is 0.307.